The van der Waals surface area contributed by atoms with Gasteiger partial charge in [-0.25, -0.2) is 0 Å². The largest absolute Gasteiger partial charge is 0.314 e. The quantitative estimate of drug-likeness (QED) is 0.636. The van der Waals surface area contributed by atoms with Crippen molar-refractivity contribution in [3.05, 3.63) is 11.6 Å². The minimum Gasteiger partial charge on any atom is -0.314 e. The van der Waals surface area contributed by atoms with E-state index in [-0.39, 0.29) is 0 Å². The minimum atomic E-state index is 0.391. The van der Waals surface area contributed by atoms with Gasteiger partial charge in [0.05, 0.1) is 6.07 Å². The molecule has 3 heteroatoms. The number of nitriles is 1. The molecule has 1 rings (SSSR count). The van der Waals surface area contributed by atoms with Gasteiger partial charge in [0.2, 0.25) is 0 Å². The Morgan fingerprint density at radius 1 is 1.54 bits per heavy atom. The molecule has 0 bridgehead atoms. The van der Waals surface area contributed by atoms with Gasteiger partial charge in [0.25, 0.3) is 0 Å². The van der Waals surface area contributed by atoms with Crippen LogP contribution in [-0.2, 0) is 0 Å². The summed E-state index contributed by atoms with van der Waals surface area (Å²) < 4.78 is 0. The maximum absolute atomic E-state index is 8.63. The molecule has 0 amide bonds. The lowest BCUT2D eigenvalue weighted by atomic mass is 10.2. The lowest BCUT2D eigenvalue weighted by molar-refractivity contribution is 0.212. The van der Waals surface area contributed by atoms with Crippen molar-refractivity contribution in [3.8, 4) is 6.07 Å². The van der Waals surface area contributed by atoms with Crippen LogP contribution < -0.4 is 5.32 Å². The molecule has 1 fully saturated rings. The zero-order valence-corrected chi connectivity index (χ0v) is 8.38. The molecular weight excluding hydrogens is 162 g/mol. The van der Waals surface area contributed by atoms with Crippen molar-refractivity contribution in [3.63, 3.8) is 0 Å². The van der Waals surface area contributed by atoms with E-state index in [0.29, 0.717) is 6.04 Å². The maximum atomic E-state index is 8.63. The highest BCUT2D eigenvalue weighted by Gasteiger charge is 2.13. The third kappa shape index (κ3) is 3.17. The molecule has 3 nitrogen and oxygen atoms in total. The number of allylic oxidation sites excluding steroid dienone is 1. The molecule has 1 unspecified atom stereocenters. The van der Waals surface area contributed by atoms with E-state index in [2.05, 4.69) is 23.2 Å². The normalized spacial score (nSPS) is 22.4. The third-order valence-corrected chi connectivity index (χ3v) is 2.40. The highest BCUT2D eigenvalue weighted by Crippen LogP contribution is 2.04. The molecule has 0 aromatic carbocycles. The summed E-state index contributed by atoms with van der Waals surface area (Å²) in [5.74, 6) is 0. The second-order valence-electron chi connectivity index (χ2n) is 3.49. The van der Waals surface area contributed by atoms with Gasteiger partial charge in [0.1, 0.15) is 0 Å². The fraction of sp³-hybridized carbons (Fsp3) is 0.700. The molecule has 0 aromatic heterocycles. The summed E-state index contributed by atoms with van der Waals surface area (Å²) in [5, 5.41) is 11.9. The monoisotopic (exact) mass is 179 g/mol. The number of hydrogen-bond acceptors (Lipinski definition) is 3. The second-order valence-corrected chi connectivity index (χ2v) is 3.49. The number of rotatable bonds is 2. The summed E-state index contributed by atoms with van der Waals surface area (Å²) in [6, 6.07) is 2.54. The number of nitrogens with one attached hydrogen (secondary N) is 1. The summed E-state index contributed by atoms with van der Waals surface area (Å²) in [6.45, 7) is 8.28. The van der Waals surface area contributed by atoms with Crippen LogP contribution in [0, 0.1) is 11.3 Å². The van der Waals surface area contributed by atoms with Crippen LogP contribution in [0.25, 0.3) is 0 Å². The van der Waals surface area contributed by atoms with E-state index in [1.807, 2.05) is 13.0 Å². The van der Waals surface area contributed by atoms with Gasteiger partial charge < -0.3 is 5.32 Å². The molecule has 0 aliphatic carbocycles. The molecule has 0 radical (unpaired) electrons. The van der Waals surface area contributed by atoms with E-state index >= 15 is 0 Å². The Morgan fingerprint density at radius 3 is 2.69 bits per heavy atom. The molecule has 0 saturated carbocycles. The first-order valence-electron chi connectivity index (χ1n) is 4.77. The third-order valence-electron chi connectivity index (χ3n) is 2.40. The molecule has 13 heavy (non-hydrogen) atoms. The van der Waals surface area contributed by atoms with Crippen LogP contribution in [0.5, 0.6) is 0 Å². The Labute approximate surface area is 80.0 Å². The Kier molecular flexibility index (Phi) is 3.94. The topological polar surface area (TPSA) is 39.1 Å². The molecule has 72 valence electrons. The Hall–Kier alpha value is -0.850. The fourth-order valence-electron chi connectivity index (χ4n) is 1.59. The van der Waals surface area contributed by atoms with Crippen molar-refractivity contribution < 1.29 is 0 Å². The first-order valence-corrected chi connectivity index (χ1v) is 4.77. The summed E-state index contributed by atoms with van der Waals surface area (Å²) >= 11 is 0. The lowest BCUT2D eigenvalue weighted by Crippen LogP contribution is -2.46. The number of nitrogens with zero attached hydrogens (tertiary/aromatic N) is 2. The molecule has 1 aliphatic rings. The van der Waals surface area contributed by atoms with Gasteiger partial charge in [-0.2, -0.15) is 5.26 Å². The van der Waals surface area contributed by atoms with E-state index in [9.17, 15) is 0 Å². The van der Waals surface area contributed by atoms with Crippen molar-refractivity contribution in [2.75, 3.05) is 26.2 Å². The van der Waals surface area contributed by atoms with Gasteiger partial charge in [-0.05, 0) is 13.8 Å². The number of hydrogen-bond donors (Lipinski definition) is 1. The van der Waals surface area contributed by atoms with Crippen molar-refractivity contribution in [1.29, 1.82) is 5.26 Å². The van der Waals surface area contributed by atoms with Crippen LogP contribution >= 0.6 is 0 Å². The molecule has 1 saturated heterocycles. The molecule has 0 aromatic rings. The van der Waals surface area contributed by atoms with Crippen molar-refractivity contribution in [2.45, 2.75) is 19.9 Å². The Bertz CT molecular complexity index is 221. The fourth-order valence-corrected chi connectivity index (χ4v) is 1.59. The summed E-state index contributed by atoms with van der Waals surface area (Å²) in [5.41, 5.74) is 0.811. The standard InChI is InChI=1S/C10H17N3/c1-9(8-11)7-10(2)13-5-3-12-4-6-13/h7,10,12H,3-6H2,1-2H3. The summed E-state index contributed by atoms with van der Waals surface area (Å²) in [7, 11) is 0. The van der Waals surface area contributed by atoms with Crippen LogP contribution in [-0.4, -0.2) is 37.1 Å². The average molecular weight is 179 g/mol. The van der Waals surface area contributed by atoms with E-state index in [0.717, 1.165) is 31.8 Å². The average Bonchev–Trinajstić information content (AvgIpc) is 2.19. The van der Waals surface area contributed by atoms with Crippen LogP contribution in [0.3, 0.4) is 0 Å². The van der Waals surface area contributed by atoms with Gasteiger partial charge in [0.15, 0.2) is 0 Å². The van der Waals surface area contributed by atoms with Crippen LogP contribution in [0.4, 0.5) is 0 Å². The highest BCUT2D eigenvalue weighted by atomic mass is 15.2. The second kappa shape index (κ2) is 5.00. The molecule has 1 aliphatic heterocycles. The lowest BCUT2D eigenvalue weighted by Gasteiger charge is -2.31. The Morgan fingerprint density at radius 2 is 2.15 bits per heavy atom. The predicted octanol–water partition coefficient (Wildman–Crippen LogP) is 0.750. The zero-order chi connectivity index (χ0) is 9.68. The number of piperazine rings is 1. The SMILES string of the molecule is CC(C#N)=CC(C)N1CCNCC1. The smallest absolute Gasteiger partial charge is 0.0941 e. The predicted molar refractivity (Wildman–Crippen MR) is 53.3 cm³/mol. The summed E-state index contributed by atoms with van der Waals surface area (Å²) in [4.78, 5) is 2.39. The van der Waals surface area contributed by atoms with Gasteiger partial charge in [-0.3, -0.25) is 4.90 Å². The van der Waals surface area contributed by atoms with Gasteiger partial charge in [-0.1, -0.05) is 6.08 Å². The van der Waals surface area contributed by atoms with Gasteiger partial charge in [-0.15, -0.1) is 0 Å². The van der Waals surface area contributed by atoms with E-state index in [1.54, 1.807) is 0 Å². The van der Waals surface area contributed by atoms with Crippen molar-refractivity contribution in [2.24, 2.45) is 0 Å². The van der Waals surface area contributed by atoms with Gasteiger partial charge in [0, 0.05) is 37.8 Å². The molecule has 1 heterocycles. The molecule has 1 N–H and O–H groups in total. The van der Waals surface area contributed by atoms with Gasteiger partial charge >= 0.3 is 0 Å². The van der Waals surface area contributed by atoms with E-state index < -0.39 is 0 Å². The van der Waals surface area contributed by atoms with Crippen molar-refractivity contribution >= 4 is 0 Å². The minimum absolute atomic E-state index is 0.391. The summed E-state index contributed by atoms with van der Waals surface area (Å²) in [6.07, 6.45) is 2.03. The Balaban J connectivity index is 2.47. The van der Waals surface area contributed by atoms with E-state index in [4.69, 9.17) is 5.26 Å². The first kappa shape index (κ1) is 10.2. The zero-order valence-electron chi connectivity index (χ0n) is 8.38. The van der Waals surface area contributed by atoms with E-state index in [1.165, 1.54) is 0 Å². The molecule has 1 atom stereocenters. The van der Waals surface area contributed by atoms with Crippen LogP contribution in [0.2, 0.25) is 0 Å². The van der Waals surface area contributed by atoms with Crippen LogP contribution in [0.1, 0.15) is 13.8 Å². The maximum Gasteiger partial charge on any atom is 0.0941 e. The molecular formula is C10H17N3. The van der Waals surface area contributed by atoms with Crippen molar-refractivity contribution in [1.82, 2.24) is 10.2 Å². The first-order chi connectivity index (χ1) is 6.24. The highest BCUT2D eigenvalue weighted by molar-refractivity contribution is 5.19. The molecule has 0 spiro atoms. The van der Waals surface area contributed by atoms with Crippen LogP contribution in [0.15, 0.2) is 11.6 Å².